The van der Waals surface area contributed by atoms with Crippen LogP contribution in [0.15, 0.2) is 18.2 Å². The van der Waals surface area contributed by atoms with Gasteiger partial charge in [-0.15, -0.1) is 0 Å². The second-order valence-electron chi connectivity index (χ2n) is 5.71. The van der Waals surface area contributed by atoms with Crippen molar-refractivity contribution in [2.24, 2.45) is 17.8 Å². The Labute approximate surface area is 113 Å². The van der Waals surface area contributed by atoms with Crippen LogP contribution in [0.5, 0.6) is 5.75 Å². The molecule has 2 nitrogen and oxygen atoms in total. The van der Waals surface area contributed by atoms with Crippen molar-refractivity contribution in [1.29, 1.82) is 0 Å². The van der Waals surface area contributed by atoms with Crippen LogP contribution in [0, 0.1) is 23.6 Å². The summed E-state index contributed by atoms with van der Waals surface area (Å²) in [6.07, 6.45) is 5.07. The van der Waals surface area contributed by atoms with Gasteiger partial charge in [-0.25, -0.2) is 4.39 Å². The zero-order valence-electron chi connectivity index (χ0n) is 11.2. The molecule has 0 heterocycles. The van der Waals surface area contributed by atoms with Crippen LogP contribution in [0.3, 0.4) is 0 Å². The first-order valence-electron chi connectivity index (χ1n) is 7.06. The third-order valence-corrected chi connectivity index (χ3v) is 4.66. The highest BCUT2D eigenvalue weighted by molar-refractivity contribution is 5.86. The van der Waals surface area contributed by atoms with Gasteiger partial charge in [0.25, 0.3) is 0 Å². The fourth-order valence-corrected chi connectivity index (χ4v) is 3.63. The summed E-state index contributed by atoms with van der Waals surface area (Å²) in [5, 5.41) is 0. The number of halogens is 1. The highest BCUT2D eigenvalue weighted by Crippen LogP contribution is 2.56. The molecule has 0 spiro atoms. The Morgan fingerprint density at radius 2 is 2.00 bits per heavy atom. The smallest absolute Gasteiger partial charge is 0.168 e. The summed E-state index contributed by atoms with van der Waals surface area (Å²) >= 11 is 0. The second kappa shape index (κ2) is 4.95. The van der Waals surface area contributed by atoms with E-state index in [1.54, 1.807) is 18.2 Å². The molecule has 0 bridgehead atoms. The van der Waals surface area contributed by atoms with Gasteiger partial charge in [0.05, 0.1) is 7.11 Å². The molecule has 2 fully saturated rings. The third kappa shape index (κ3) is 2.26. The van der Waals surface area contributed by atoms with Crippen LogP contribution in [0.2, 0.25) is 0 Å². The van der Waals surface area contributed by atoms with Gasteiger partial charge in [0.15, 0.2) is 11.6 Å². The van der Waals surface area contributed by atoms with E-state index < -0.39 is 0 Å². The number of hydrogen-bond donors (Lipinski definition) is 0. The first-order valence-corrected chi connectivity index (χ1v) is 7.06. The number of benzene rings is 1. The van der Waals surface area contributed by atoms with Crippen molar-refractivity contribution in [2.75, 3.05) is 7.11 Å². The van der Waals surface area contributed by atoms with E-state index in [0.717, 1.165) is 0 Å². The molecule has 3 rings (SSSR count). The third-order valence-electron chi connectivity index (χ3n) is 4.66. The number of ether oxygens (including phenoxy) is 1. The van der Waals surface area contributed by atoms with Gasteiger partial charge in [0.1, 0.15) is 5.78 Å². The molecule has 102 valence electrons. The molecular formula is C16H19FO2. The van der Waals surface area contributed by atoms with Crippen LogP contribution in [0.1, 0.15) is 31.2 Å². The van der Waals surface area contributed by atoms with Crippen molar-refractivity contribution in [3.8, 4) is 5.75 Å². The minimum atomic E-state index is -0.387. The van der Waals surface area contributed by atoms with Crippen LogP contribution >= 0.6 is 0 Å². The maximum absolute atomic E-state index is 14.0. The van der Waals surface area contributed by atoms with Gasteiger partial charge in [-0.3, -0.25) is 4.79 Å². The predicted molar refractivity (Wildman–Crippen MR) is 70.6 cm³/mol. The molecule has 0 saturated heterocycles. The van der Waals surface area contributed by atoms with E-state index in [4.69, 9.17) is 4.74 Å². The summed E-state index contributed by atoms with van der Waals surface area (Å²) < 4.78 is 19.0. The van der Waals surface area contributed by atoms with Crippen molar-refractivity contribution in [3.05, 3.63) is 29.6 Å². The molecular weight excluding hydrogens is 243 g/mol. The molecule has 2 aliphatic rings. The number of fused-ring (bicyclic) bond motifs is 1. The molecule has 2 unspecified atom stereocenters. The predicted octanol–water partition coefficient (Wildman–Crippen LogP) is 3.38. The lowest BCUT2D eigenvalue weighted by Gasteiger charge is -2.06. The summed E-state index contributed by atoms with van der Waals surface area (Å²) in [6.45, 7) is 0. The normalized spacial score (nSPS) is 28.6. The number of hydrogen-bond acceptors (Lipinski definition) is 2. The summed E-state index contributed by atoms with van der Waals surface area (Å²) in [4.78, 5) is 12.3. The Kier molecular flexibility index (Phi) is 3.29. The fraction of sp³-hybridized carbons (Fsp3) is 0.562. The average Bonchev–Trinajstić information content (AvgIpc) is 3.15. The lowest BCUT2D eigenvalue weighted by molar-refractivity contribution is -0.120. The number of carbonyl (C=O) groups excluding carboxylic acids is 1. The molecule has 0 amide bonds. The minimum absolute atomic E-state index is 0.202. The van der Waals surface area contributed by atoms with E-state index in [1.165, 1.54) is 32.8 Å². The summed E-state index contributed by atoms with van der Waals surface area (Å²) in [5.74, 6) is 1.43. The van der Waals surface area contributed by atoms with E-state index in [2.05, 4.69) is 0 Å². The molecule has 1 aromatic carbocycles. The molecule has 3 heteroatoms. The molecule has 2 aliphatic carbocycles. The van der Waals surface area contributed by atoms with E-state index in [0.29, 0.717) is 17.4 Å². The van der Waals surface area contributed by atoms with Gasteiger partial charge in [0, 0.05) is 12.3 Å². The Morgan fingerprint density at radius 1 is 1.32 bits per heavy atom. The van der Waals surface area contributed by atoms with Gasteiger partial charge in [-0.1, -0.05) is 25.0 Å². The van der Waals surface area contributed by atoms with E-state index >= 15 is 0 Å². The number of carbonyl (C=O) groups is 1. The zero-order valence-corrected chi connectivity index (χ0v) is 11.2. The first kappa shape index (κ1) is 12.6. The molecule has 1 aromatic rings. The van der Waals surface area contributed by atoms with E-state index in [1.807, 2.05) is 0 Å². The molecule has 2 saturated carbocycles. The van der Waals surface area contributed by atoms with Crippen LogP contribution in [0.25, 0.3) is 0 Å². The van der Waals surface area contributed by atoms with Crippen molar-refractivity contribution in [1.82, 2.24) is 0 Å². The number of methoxy groups -OCH3 is 1. The van der Waals surface area contributed by atoms with Gasteiger partial charge < -0.3 is 4.74 Å². The van der Waals surface area contributed by atoms with E-state index in [-0.39, 0.29) is 29.7 Å². The average molecular weight is 262 g/mol. The lowest BCUT2D eigenvalue weighted by atomic mass is 10.0. The monoisotopic (exact) mass is 262 g/mol. The number of rotatable bonds is 4. The van der Waals surface area contributed by atoms with Crippen molar-refractivity contribution in [3.63, 3.8) is 0 Å². The maximum Gasteiger partial charge on any atom is 0.168 e. The highest BCUT2D eigenvalue weighted by Gasteiger charge is 2.54. The summed E-state index contributed by atoms with van der Waals surface area (Å²) in [5.41, 5.74) is 0.466. The van der Waals surface area contributed by atoms with Crippen LogP contribution in [0.4, 0.5) is 4.39 Å². The van der Waals surface area contributed by atoms with Gasteiger partial charge in [-0.2, -0.15) is 0 Å². The molecule has 2 atom stereocenters. The van der Waals surface area contributed by atoms with E-state index in [9.17, 15) is 9.18 Å². The van der Waals surface area contributed by atoms with Crippen molar-refractivity contribution in [2.45, 2.75) is 32.1 Å². The zero-order chi connectivity index (χ0) is 13.4. The van der Waals surface area contributed by atoms with Crippen molar-refractivity contribution >= 4 is 5.78 Å². The minimum Gasteiger partial charge on any atom is -0.494 e. The standard InChI is InChI=1S/C16H19FO2/c1-19-14-8-4-5-10(16(14)17)9-13(18)15-11-6-2-3-7-12(11)15/h4-5,8,11-12,15H,2-3,6-7,9H2,1H3. The second-order valence-corrected chi connectivity index (χ2v) is 5.71. The molecule has 0 N–H and O–H groups in total. The van der Waals surface area contributed by atoms with Crippen LogP contribution in [-0.4, -0.2) is 12.9 Å². The van der Waals surface area contributed by atoms with Gasteiger partial charge >= 0.3 is 0 Å². The van der Waals surface area contributed by atoms with Gasteiger partial charge in [-0.05, 0) is 36.3 Å². The van der Waals surface area contributed by atoms with Crippen LogP contribution in [-0.2, 0) is 11.2 Å². The quantitative estimate of drug-likeness (QED) is 0.831. The lowest BCUT2D eigenvalue weighted by Crippen LogP contribution is -2.09. The van der Waals surface area contributed by atoms with Gasteiger partial charge in [0.2, 0.25) is 0 Å². The molecule has 19 heavy (non-hydrogen) atoms. The Morgan fingerprint density at radius 3 is 2.63 bits per heavy atom. The SMILES string of the molecule is COc1cccc(CC(=O)C2C3CCCCC32)c1F. The Balaban J connectivity index is 1.70. The Hall–Kier alpha value is -1.38. The fourth-order valence-electron chi connectivity index (χ4n) is 3.63. The first-order chi connectivity index (χ1) is 9.22. The van der Waals surface area contributed by atoms with Crippen molar-refractivity contribution < 1.29 is 13.9 Å². The van der Waals surface area contributed by atoms with Crippen LogP contribution < -0.4 is 4.74 Å². The largest absolute Gasteiger partial charge is 0.494 e. The maximum atomic E-state index is 14.0. The Bertz CT molecular complexity index is 486. The summed E-state index contributed by atoms with van der Waals surface area (Å²) in [6, 6.07) is 5.01. The number of ketones is 1. The highest BCUT2D eigenvalue weighted by atomic mass is 19.1. The molecule has 0 radical (unpaired) electrons. The molecule has 0 aromatic heterocycles. The topological polar surface area (TPSA) is 26.3 Å². The molecule has 0 aliphatic heterocycles. The summed E-state index contributed by atoms with van der Waals surface area (Å²) in [7, 11) is 1.44. The number of Topliss-reactive ketones (excluding diaryl/α,β-unsaturated/α-hetero) is 1.